The van der Waals surface area contributed by atoms with Crippen LogP contribution < -0.4 is 10.1 Å². The Morgan fingerprint density at radius 1 is 1.35 bits per heavy atom. The molecule has 1 aliphatic rings. The van der Waals surface area contributed by atoms with Gasteiger partial charge in [0.05, 0.1) is 11.5 Å². The van der Waals surface area contributed by atoms with Gasteiger partial charge in [-0.3, -0.25) is 4.79 Å². The van der Waals surface area contributed by atoms with E-state index < -0.39 is 0 Å². The molecule has 1 amide bonds. The van der Waals surface area contributed by atoms with Crippen molar-refractivity contribution in [3.63, 3.8) is 0 Å². The predicted molar refractivity (Wildman–Crippen MR) is 87.7 cm³/mol. The highest BCUT2D eigenvalue weighted by molar-refractivity contribution is 8.26. The summed E-state index contributed by atoms with van der Waals surface area (Å²) in [5.41, 5.74) is 0.962. The number of nitrogens with one attached hydrogen (secondary N) is 1. The van der Waals surface area contributed by atoms with Gasteiger partial charge in [0.25, 0.3) is 5.91 Å². The maximum Gasteiger partial charge on any atom is 0.263 e. The van der Waals surface area contributed by atoms with Gasteiger partial charge in [-0.25, -0.2) is 0 Å². The van der Waals surface area contributed by atoms with E-state index in [4.69, 9.17) is 17.0 Å². The van der Waals surface area contributed by atoms with E-state index in [1.165, 1.54) is 11.8 Å². The van der Waals surface area contributed by atoms with Crippen molar-refractivity contribution in [2.45, 2.75) is 20.3 Å². The fraction of sp³-hybridized carbons (Fsp3) is 0.333. The van der Waals surface area contributed by atoms with Gasteiger partial charge in [-0.05, 0) is 36.1 Å². The van der Waals surface area contributed by atoms with Crippen molar-refractivity contribution in [1.82, 2.24) is 5.32 Å². The number of carbonyl (C=O) groups excluding carboxylic acids is 1. The van der Waals surface area contributed by atoms with Crippen LogP contribution in [0.4, 0.5) is 0 Å². The van der Waals surface area contributed by atoms with Gasteiger partial charge in [-0.15, -0.1) is 0 Å². The molecule has 0 spiro atoms. The van der Waals surface area contributed by atoms with E-state index in [1.54, 1.807) is 0 Å². The van der Waals surface area contributed by atoms with Gasteiger partial charge < -0.3 is 10.1 Å². The van der Waals surface area contributed by atoms with Crippen molar-refractivity contribution in [2.75, 3.05) is 6.61 Å². The Morgan fingerprint density at radius 3 is 2.60 bits per heavy atom. The molecule has 0 aliphatic carbocycles. The van der Waals surface area contributed by atoms with Gasteiger partial charge in [-0.1, -0.05) is 50.0 Å². The molecule has 1 aromatic carbocycles. The number of thiocarbonyl (C=S) groups is 1. The molecule has 106 valence electrons. The minimum atomic E-state index is -0.128. The second-order valence-corrected chi connectivity index (χ2v) is 6.67. The van der Waals surface area contributed by atoms with E-state index in [9.17, 15) is 4.79 Å². The number of carbonyl (C=O) groups is 1. The standard InChI is InChI=1S/C15H17NO2S2/c1-10(2)7-8-18-12-5-3-11(4-6-12)9-13-14(17)16-15(19)20-13/h3-6,9-10H,7-8H2,1-2H3,(H,16,17,19)/b13-9+. The van der Waals surface area contributed by atoms with Gasteiger partial charge in [0.1, 0.15) is 10.1 Å². The average molecular weight is 307 g/mol. The summed E-state index contributed by atoms with van der Waals surface area (Å²) in [6.45, 7) is 5.07. The number of hydrogen-bond acceptors (Lipinski definition) is 4. The third-order valence-electron chi connectivity index (χ3n) is 2.78. The van der Waals surface area contributed by atoms with Crippen LogP contribution in [0.3, 0.4) is 0 Å². The molecule has 1 fully saturated rings. The Labute approximate surface area is 128 Å². The van der Waals surface area contributed by atoms with Gasteiger partial charge in [0.15, 0.2) is 0 Å². The van der Waals surface area contributed by atoms with E-state index >= 15 is 0 Å². The molecule has 0 radical (unpaired) electrons. The van der Waals surface area contributed by atoms with Crippen LogP contribution in [0.15, 0.2) is 29.2 Å². The first kappa shape index (κ1) is 15.1. The van der Waals surface area contributed by atoms with Crippen molar-refractivity contribution in [2.24, 2.45) is 5.92 Å². The summed E-state index contributed by atoms with van der Waals surface area (Å²) in [7, 11) is 0. The van der Waals surface area contributed by atoms with Crippen molar-refractivity contribution in [3.05, 3.63) is 34.7 Å². The molecule has 1 aromatic rings. The minimum Gasteiger partial charge on any atom is -0.494 e. The topological polar surface area (TPSA) is 38.3 Å². The van der Waals surface area contributed by atoms with E-state index in [-0.39, 0.29) is 5.91 Å². The zero-order chi connectivity index (χ0) is 14.5. The molecular weight excluding hydrogens is 290 g/mol. The average Bonchev–Trinajstić information content (AvgIpc) is 2.69. The van der Waals surface area contributed by atoms with Crippen LogP contribution in [0.25, 0.3) is 6.08 Å². The smallest absolute Gasteiger partial charge is 0.263 e. The number of hydrogen-bond donors (Lipinski definition) is 1. The Balaban J connectivity index is 1.96. The van der Waals surface area contributed by atoms with Crippen molar-refractivity contribution in [1.29, 1.82) is 0 Å². The number of benzene rings is 1. The first-order valence-electron chi connectivity index (χ1n) is 6.52. The summed E-state index contributed by atoms with van der Waals surface area (Å²) in [4.78, 5) is 12.2. The summed E-state index contributed by atoms with van der Waals surface area (Å²) in [5.74, 6) is 1.37. The lowest BCUT2D eigenvalue weighted by molar-refractivity contribution is -0.115. The van der Waals surface area contributed by atoms with Crippen LogP contribution in [-0.4, -0.2) is 16.8 Å². The molecule has 0 unspecified atom stereocenters. The van der Waals surface area contributed by atoms with Crippen molar-refractivity contribution < 1.29 is 9.53 Å². The Morgan fingerprint density at radius 2 is 2.05 bits per heavy atom. The van der Waals surface area contributed by atoms with E-state index in [0.29, 0.717) is 15.1 Å². The number of ether oxygens (including phenoxy) is 1. The zero-order valence-corrected chi connectivity index (χ0v) is 13.1. The number of thioether (sulfide) groups is 1. The number of amides is 1. The Kier molecular flexibility index (Phi) is 5.20. The molecule has 0 saturated carbocycles. The first-order chi connectivity index (χ1) is 9.54. The summed E-state index contributed by atoms with van der Waals surface area (Å²) in [6, 6.07) is 7.71. The van der Waals surface area contributed by atoms with Crippen molar-refractivity contribution >= 4 is 40.3 Å². The molecule has 0 bridgehead atoms. The monoisotopic (exact) mass is 307 g/mol. The zero-order valence-electron chi connectivity index (χ0n) is 11.5. The first-order valence-corrected chi connectivity index (χ1v) is 7.75. The summed E-state index contributed by atoms with van der Waals surface area (Å²) >= 11 is 6.24. The molecule has 1 saturated heterocycles. The lowest BCUT2D eigenvalue weighted by atomic mass is 10.1. The third kappa shape index (κ3) is 4.35. The van der Waals surface area contributed by atoms with Crippen LogP contribution in [0, 0.1) is 5.92 Å². The molecular formula is C15H17NO2S2. The highest BCUT2D eigenvalue weighted by atomic mass is 32.2. The molecule has 1 heterocycles. The van der Waals surface area contributed by atoms with E-state index in [2.05, 4.69) is 19.2 Å². The molecule has 1 N–H and O–H groups in total. The van der Waals surface area contributed by atoms with Gasteiger partial charge in [-0.2, -0.15) is 0 Å². The number of rotatable bonds is 5. The van der Waals surface area contributed by atoms with Crippen LogP contribution in [0.5, 0.6) is 5.75 Å². The lowest BCUT2D eigenvalue weighted by Crippen LogP contribution is -2.17. The van der Waals surface area contributed by atoms with Crippen LogP contribution in [-0.2, 0) is 4.79 Å². The maximum atomic E-state index is 11.5. The maximum absolute atomic E-state index is 11.5. The van der Waals surface area contributed by atoms with E-state index in [1.807, 2.05) is 30.3 Å². The lowest BCUT2D eigenvalue weighted by Gasteiger charge is -2.08. The highest BCUT2D eigenvalue weighted by Gasteiger charge is 2.21. The molecule has 3 nitrogen and oxygen atoms in total. The highest BCUT2D eigenvalue weighted by Crippen LogP contribution is 2.26. The molecule has 1 aliphatic heterocycles. The van der Waals surface area contributed by atoms with Gasteiger partial charge in [0, 0.05) is 0 Å². The third-order valence-corrected chi connectivity index (χ3v) is 3.95. The summed E-state index contributed by atoms with van der Waals surface area (Å²) < 4.78 is 6.16. The Bertz CT molecular complexity index is 535. The molecule has 0 atom stereocenters. The fourth-order valence-electron chi connectivity index (χ4n) is 1.65. The molecule has 5 heteroatoms. The quantitative estimate of drug-likeness (QED) is 0.666. The van der Waals surface area contributed by atoms with Crippen LogP contribution >= 0.6 is 24.0 Å². The Hall–Kier alpha value is -1.33. The second kappa shape index (κ2) is 6.90. The molecule has 20 heavy (non-hydrogen) atoms. The normalized spacial score (nSPS) is 16.9. The predicted octanol–water partition coefficient (Wildman–Crippen LogP) is 3.60. The van der Waals surface area contributed by atoms with Crippen LogP contribution in [0.1, 0.15) is 25.8 Å². The SMILES string of the molecule is CC(C)CCOc1ccc(/C=C2/SC(=S)NC2=O)cc1. The van der Waals surface area contributed by atoms with Gasteiger partial charge in [0.2, 0.25) is 0 Å². The largest absolute Gasteiger partial charge is 0.494 e. The second-order valence-electron chi connectivity index (χ2n) is 4.95. The molecule has 2 rings (SSSR count). The summed E-state index contributed by atoms with van der Waals surface area (Å²) in [6.07, 6.45) is 2.87. The minimum absolute atomic E-state index is 0.128. The van der Waals surface area contributed by atoms with Crippen LogP contribution in [0.2, 0.25) is 0 Å². The fourth-order valence-corrected chi connectivity index (χ4v) is 2.69. The van der Waals surface area contributed by atoms with Gasteiger partial charge >= 0.3 is 0 Å². The van der Waals surface area contributed by atoms with Crippen molar-refractivity contribution in [3.8, 4) is 5.75 Å². The molecule has 0 aromatic heterocycles. The summed E-state index contributed by atoms with van der Waals surface area (Å²) in [5, 5.41) is 2.60. The van der Waals surface area contributed by atoms with E-state index in [0.717, 1.165) is 24.3 Å².